The number of hydrogen-bond donors (Lipinski definition) is 0. The van der Waals surface area contributed by atoms with Crippen LogP contribution in [0.1, 0.15) is 25.7 Å². The van der Waals surface area contributed by atoms with Crippen molar-refractivity contribution < 1.29 is 0 Å². The van der Waals surface area contributed by atoms with Crippen LogP contribution in [0.15, 0.2) is 5.29 Å². The van der Waals surface area contributed by atoms with Crippen molar-refractivity contribution in [2.75, 3.05) is 13.1 Å². The van der Waals surface area contributed by atoms with E-state index >= 15 is 0 Å². The number of nitrogens with zero attached hydrogens (tertiary/aromatic N) is 2. The molecule has 2 fully saturated rings. The van der Waals surface area contributed by atoms with E-state index in [9.17, 15) is 4.91 Å². The lowest BCUT2D eigenvalue weighted by Gasteiger charge is -2.38. The fourth-order valence-electron chi connectivity index (χ4n) is 2.47. The van der Waals surface area contributed by atoms with Gasteiger partial charge in [0.05, 0.1) is 5.29 Å². The summed E-state index contributed by atoms with van der Waals surface area (Å²) in [7, 11) is 0. The molecule has 1 heterocycles. The van der Waals surface area contributed by atoms with Crippen LogP contribution in [-0.4, -0.2) is 18.1 Å². The van der Waals surface area contributed by atoms with Crippen LogP contribution in [0.4, 0.5) is 0 Å². The van der Waals surface area contributed by atoms with E-state index in [1.54, 1.807) is 5.01 Å². The lowest BCUT2D eigenvalue weighted by atomic mass is 9.78. The second kappa shape index (κ2) is 2.80. The SMILES string of the molecule is O=NN1CC2CCCC(C2)C1. The molecule has 1 saturated carbocycles. The van der Waals surface area contributed by atoms with Crippen LogP contribution in [0.5, 0.6) is 0 Å². The molecule has 2 bridgehead atoms. The van der Waals surface area contributed by atoms with Gasteiger partial charge < -0.3 is 0 Å². The normalized spacial score (nSPS) is 36.9. The van der Waals surface area contributed by atoms with Gasteiger partial charge in [-0.05, 0) is 31.1 Å². The molecule has 0 aromatic carbocycles. The zero-order valence-corrected chi connectivity index (χ0v) is 6.70. The molecule has 0 radical (unpaired) electrons. The van der Waals surface area contributed by atoms with Gasteiger partial charge in [-0.1, -0.05) is 6.42 Å². The minimum atomic E-state index is 0.764. The Labute approximate surface area is 66.7 Å². The zero-order valence-electron chi connectivity index (χ0n) is 6.70. The highest BCUT2D eigenvalue weighted by atomic mass is 16.3. The second-order valence-electron chi connectivity index (χ2n) is 3.85. The number of nitroso groups, excluding NO2 is 1. The molecule has 11 heavy (non-hydrogen) atoms. The Morgan fingerprint density at radius 2 is 1.82 bits per heavy atom. The fourth-order valence-corrected chi connectivity index (χ4v) is 2.47. The molecule has 2 aliphatic rings. The fraction of sp³-hybridized carbons (Fsp3) is 1.00. The first-order valence-electron chi connectivity index (χ1n) is 4.46. The molecule has 0 aromatic rings. The molecule has 1 aliphatic heterocycles. The Morgan fingerprint density at radius 1 is 1.18 bits per heavy atom. The summed E-state index contributed by atoms with van der Waals surface area (Å²) in [6.45, 7) is 1.83. The van der Waals surface area contributed by atoms with Gasteiger partial charge in [0.1, 0.15) is 0 Å². The van der Waals surface area contributed by atoms with E-state index in [0.29, 0.717) is 0 Å². The number of fused-ring (bicyclic) bond motifs is 2. The predicted octanol–water partition coefficient (Wildman–Crippen LogP) is 1.79. The minimum Gasteiger partial charge on any atom is -0.260 e. The van der Waals surface area contributed by atoms with Crippen LogP contribution >= 0.6 is 0 Å². The third-order valence-corrected chi connectivity index (χ3v) is 2.94. The molecule has 1 saturated heterocycles. The van der Waals surface area contributed by atoms with Crippen molar-refractivity contribution in [1.29, 1.82) is 0 Å². The van der Waals surface area contributed by atoms with E-state index in [1.807, 2.05) is 0 Å². The van der Waals surface area contributed by atoms with Gasteiger partial charge in [0.2, 0.25) is 0 Å². The Kier molecular flexibility index (Phi) is 1.80. The highest BCUT2D eigenvalue weighted by molar-refractivity contribution is 4.81. The number of piperidine rings is 1. The Bertz CT molecular complexity index is 148. The Morgan fingerprint density at radius 3 is 2.36 bits per heavy atom. The second-order valence-corrected chi connectivity index (χ2v) is 3.85. The largest absolute Gasteiger partial charge is 0.260 e. The Balaban J connectivity index is 1.99. The predicted molar refractivity (Wildman–Crippen MR) is 42.8 cm³/mol. The van der Waals surface area contributed by atoms with Gasteiger partial charge in [-0.2, -0.15) is 0 Å². The summed E-state index contributed by atoms with van der Waals surface area (Å²) in [4.78, 5) is 10.3. The summed E-state index contributed by atoms with van der Waals surface area (Å²) >= 11 is 0. The van der Waals surface area contributed by atoms with Crippen molar-refractivity contribution in [3.63, 3.8) is 0 Å². The molecule has 1 aliphatic carbocycles. The van der Waals surface area contributed by atoms with Gasteiger partial charge in [-0.15, -0.1) is 4.91 Å². The molecule has 0 spiro atoms. The van der Waals surface area contributed by atoms with Crippen molar-refractivity contribution in [2.45, 2.75) is 25.7 Å². The molecule has 2 unspecified atom stereocenters. The third kappa shape index (κ3) is 1.37. The smallest absolute Gasteiger partial charge is 0.0524 e. The highest BCUT2D eigenvalue weighted by Crippen LogP contribution is 2.34. The van der Waals surface area contributed by atoms with Crippen LogP contribution in [0.2, 0.25) is 0 Å². The first kappa shape index (κ1) is 7.07. The Hall–Kier alpha value is -0.600. The van der Waals surface area contributed by atoms with Gasteiger partial charge in [0.15, 0.2) is 0 Å². The van der Waals surface area contributed by atoms with Gasteiger partial charge >= 0.3 is 0 Å². The van der Waals surface area contributed by atoms with Crippen molar-refractivity contribution >= 4 is 0 Å². The molecule has 0 amide bonds. The van der Waals surface area contributed by atoms with Crippen molar-refractivity contribution in [2.24, 2.45) is 17.1 Å². The molecule has 0 N–H and O–H groups in total. The molecule has 3 heteroatoms. The summed E-state index contributed by atoms with van der Waals surface area (Å²) in [6, 6.07) is 0. The lowest BCUT2D eigenvalue weighted by molar-refractivity contribution is 0.0875. The molecule has 2 atom stereocenters. The quantitative estimate of drug-likeness (QED) is 0.539. The van der Waals surface area contributed by atoms with E-state index < -0.39 is 0 Å². The van der Waals surface area contributed by atoms with Crippen LogP contribution in [0.25, 0.3) is 0 Å². The molecular formula is C8H14N2O. The van der Waals surface area contributed by atoms with E-state index in [2.05, 4.69) is 5.29 Å². The molecule has 62 valence electrons. The number of hydrogen-bond acceptors (Lipinski definition) is 2. The maximum atomic E-state index is 10.3. The molecule has 0 aromatic heterocycles. The van der Waals surface area contributed by atoms with Crippen molar-refractivity contribution in [1.82, 2.24) is 5.01 Å². The maximum absolute atomic E-state index is 10.3. The molecule has 3 nitrogen and oxygen atoms in total. The van der Waals surface area contributed by atoms with E-state index in [4.69, 9.17) is 0 Å². The van der Waals surface area contributed by atoms with Crippen LogP contribution in [0.3, 0.4) is 0 Å². The monoisotopic (exact) mass is 154 g/mol. The van der Waals surface area contributed by atoms with E-state index in [0.717, 1.165) is 24.9 Å². The van der Waals surface area contributed by atoms with Gasteiger partial charge in [0, 0.05) is 13.1 Å². The lowest BCUT2D eigenvalue weighted by Crippen LogP contribution is -2.39. The molecular weight excluding hydrogens is 140 g/mol. The van der Waals surface area contributed by atoms with Crippen LogP contribution in [-0.2, 0) is 0 Å². The minimum absolute atomic E-state index is 0.764. The summed E-state index contributed by atoms with van der Waals surface area (Å²) in [6.07, 6.45) is 5.32. The van der Waals surface area contributed by atoms with Crippen molar-refractivity contribution in [3.05, 3.63) is 4.91 Å². The summed E-state index contributed by atoms with van der Waals surface area (Å²) in [5.74, 6) is 1.53. The average molecular weight is 154 g/mol. The van der Waals surface area contributed by atoms with Gasteiger partial charge in [-0.3, -0.25) is 5.01 Å². The highest BCUT2D eigenvalue weighted by Gasteiger charge is 2.30. The maximum Gasteiger partial charge on any atom is 0.0524 e. The van der Waals surface area contributed by atoms with Crippen molar-refractivity contribution in [3.8, 4) is 0 Å². The first-order valence-corrected chi connectivity index (χ1v) is 4.46. The standard InChI is InChI=1S/C8H14N2O/c11-9-10-5-7-2-1-3-8(4-7)6-10/h7-8H,1-6H2. The zero-order chi connectivity index (χ0) is 7.68. The molecule has 2 rings (SSSR count). The van der Waals surface area contributed by atoms with E-state index in [1.165, 1.54) is 25.7 Å². The summed E-state index contributed by atoms with van der Waals surface area (Å²) < 4.78 is 0. The average Bonchev–Trinajstić information content (AvgIpc) is 2.03. The third-order valence-electron chi connectivity index (χ3n) is 2.94. The van der Waals surface area contributed by atoms with E-state index in [-0.39, 0.29) is 0 Å². The number of rotatable bonds is 1. The first-order chi connectivity index (χ1) is 5.38. The van der Waals surface area contributed by atoms with Crippen LogP contribution in [0, 0.1) is 16.7 Å². The topological polar surface area (TPSA) is 32.7 Å². The van der Waals surface area contributed by atoms with Gasteiger partial charge in [0.25, 0.3) is 0 Å². The summed E-state index contributed by atoms with van der Waals surface area (Å²) in [5, 5.41) is 4.72. The summed E-state index contributed by atoms with van der Waals surface area (Å²) in [5.41, 5.74) is 0. The van der Waals surface area contributed by atoms with Crippen LogP contribution < -0.4 is 0 Å². The van der Waals surface area contributed by atoms with Gasteiger partial charge in [-0.25, -0.2) is 0 Å².